The summed E-state index contributed by atoms with van der Waals surface area (Å²) in [6.45, 7) is 2.01. The molecule has 2 aromatic carbocycles. The molecule has 3 aromatic rings. The maximum atomic E-state index is 12.3. The van der Waals surface area contributed by atoms with E-state index in [0.717, 1.165) is 5.56 Å². The summed E-state index contributed by atoms with van der Waals surface area (Å²) < 4.78 is 6.90. The van der Waals surface area contributed by atoms with Crippen LogP contribution in [0.25, 0.3) is 0 Å². The number of carbonyl (C=O) groups is 2. The van der Waals surface area contributed by atoms with Crippen LogP contribution in [0.3, 0.4) is 0 Å². The maximum Gasteiger partial charge on any atom is 0.338 e. The molecule has 0 radical (unpaired) electrons. The zero-order valence-corrected chi connectivity index (χ0v) is 16.3. The average molecular weight is 419 g/mol. The predicted molar refractivity (Wildman–Crippen MR) is 106 cm³/mol. The fraction of sp³-hybridized carbons (Fsp3) is 0.158. The van der Waals surface area contributed by atoms with E-state index in [2.05, 4.69) is 15.4 Å². The van der Waals surface area contributed by atoms with Crippen LogP contribution in [0.5, 0.6) is 0 Å². The number of nitrogens with one attached hydrogen (secondary N) is 1. The molecular formula is C19H16Cl2N4O3. The summed E-state index contributed by atoms with van der Waals surface area (Å²) >= 11 is 11.9. The molecule has 1 aromatic heterocycles. The Balaban J connectivity index is 1.58. The molecule has 0 fully saturated rings. The predicted octanol–water partition coefficient (Wildman–Crippen LogP) is 3.82. The third kappa shape index (κ3) is 5.09. The molecule has 0 aliphatic carbocycles. The van der Waals surface area contributed by atoms with E-state index in [1.165, 1.54) is 19.3 Å². The molecule has 1 amide bonds. The monoisotopic (exact) mass is 418 g/mol. The molecule has 1 heterocycles. The zero-order chi connectivity index (χ0) is 20.1. The Morgan fingerprint density at radius 1 is 1.18 bits per heavy atom. The Morgan fingerprint density at radius 2 is 1.93 bits per heavy atom. The second-order valence-electron chi connectivity index (χ2n) is 5.95. The normalized spacial score (nSPS) is 11.7. The highest BCUT2D eigenvalue weighted by atomic mass is 35.5. The maximum absolute atomic E-state index is 12.3. The molecule has 0 aliphatic rings. The Hall–Kier alpha value is -2.90. The standard InChI is InChI=1S/C19H16Cl2N4O3/c1-12(18(26)24-17-8-15(20)6-7-16(17)21)28-19(27)14-4-2-13(3-5-14)9-25-11-22-10-23-25/h2-8,10-12H,9H2,1H3,(H,24,26). The third-order valence-corrected chi connectivity index (χ3v) is 4.40. The van der Waals surface area contributed by atoms with Gasteiger partial charge in [0.2, 0.25) is 0 Å². The molecular weight excluding hydrogens is 403 g/mol. The number of halogens is 2. The summed E-state index contributed by atoms with van der Waals surface area (Å²) in [4.78, 5) is 28.4. The van der Waals surface area contributed by atoms with Crippen LogP contribution in [0.2, 0.25) is 10.0 Å². The number of carbonyl (C=O) groups excluding carboxylic acids is 2. The number of hydrogen-bond acceptors (Lipinski definition) is 5. The summed E-state index contributed by atoms with van der Waals surface area (Å²) in [5.41, 5.74) is 1.63. The average Bonchev–Trinajstić information content (AvgIpc) is 3.18. The molecule has 0 aliphatic heterocycles. The highest BCUT2D eigenvalue weighted by Crippen LogP contribution is 2.25. The Kier molecular flexibility index (Phi) is 6.28. The van der Waals surface area contributed by atoms with Crippen LogP contribution in [0.4, 0.5) is 5.69 Å². The minimum absolute atomic E-state index is 0.333. The highest BCUT2D eigenvalue weighted by Gasteiger charge is 2.20. The van der Waals surface area contributed by atoms with Crippen molar-refractivity contribution in [3.8, 4) is 0 Å². The quantitative estimate of drug-likeness (QED) is 0.614. The van der Waals surface area contributed by atoms with Crippen molar-refractivity contribution in [1.82, 2.24) is 14.8 Å². The lowest BCUT2D eigenvalue weighted by atomic mass is 10.1. The second-order valence-corrected chi connectivity index (χ2v) is 6.79. The van der Waals surface area contributed by atoms with E-state index in [1.807, 2.05) is 0 Å². The first-order valence-electron chi connectivity index (χ1n) is 8.30. The lowest BCUT2D eigenvalue weighted by molar-refractivity contribution is -0.123. The molecule has 3 rings (SSSR count). The summed E-state index contributed by atoms with van der Waals surface area (Å²) in [5, 5.41) is 7.38. The lowest BCUT2D eigenvalue weighted by Crippen LogP contribution is -2.30. The number of hydrogen-bond donors (Lipinski definition) is 1. The molecule has 9 heteroatoms. The van der Waals surface area contributed by atoms with Crippen LogP contribution in [-0.4, -0.2) is 32.7 Å². The smallest absolute Gasteiger partial charge is 0.338 e. The van der Waals surface area contributed by atoms with Crippen molar-refractivity contribution < 1.29 is 14.3 Å². The number of amides is 1. The van der Waals surface area contributed by atoms with E-state index in [1.54, 1.807) is 47.4 Å². The summed E-state index contributed by atoms with van der Waals surface area (Å²) in [7, 11) is 0. The van der Waals surface area contributed by atoms with E-state index in [0.29, 0.717) is 27.8 Å². The van der Waals surface area contributed by atoms with Crippen molar-refractivity contribution in [1.29, 1.82) is 0 Å². The summed E-state index contributed by atoms with van der Waals surface area (Å²) in [5.74, 6) is -1.12. The summed E-state index contributed by atoms with van der Waals surface area (Å²) in [6.07, 6.45) is 2.04. The van der Waals surface area contributed by atoms with Crippen LogP contribution in [0.15, 0.2) is 55.1 Å². The van der Waals surface area contributed by atoms with E-state index in [9.17, 15) is 9.59 Å². The van der Waals surface area contributed by atoms with Gasteiger partial charge in [-0.1, -0.05) is 35.3 Å². The first-order chi connectivity index (χ1) is 13.4. The van der Waals surface area contributed by atoms with Gasteiger partial charge in [-0.25, -0.2) is 14.5 Å². The number of nitrogens with zero attached hydrogens (tertiary/aromatic N) is 3. The van der Waals surface area contributed by atoms with E-state index in [-0.39, 0.29) is 0 Å². The fourth-order valence-corrected chi connectivity index (χ4v) is 2.69. The van der Waals surface area contributed by atoms with Crippen LogP contribution < -0.4 is 5.32 Å². The number of esters is 1. The van der Waals surface area contributed by atoms with Crippen LogP contribution in [0.1, 0.15) is 22.8 Å². The Labute approximate surface area is 171 Å². The van der Waals surface area contributed by atoms with Crippen molar-refractivity contribution in [2.45, 2.75) is 19.6 Å². The van der Waals surface area contributed by atoms with Gasteiger partial charge in [0.1, 0.15) is 12.7 Å². The lowest BCUT2D eigenvalue weighted by Gasteiger charge is -2.14. The van der Waals surface area contributed by atoms with Gasteiger partial charge in [0.05, 0.1) is 22.8 Å². The number of rotatable bonds is 6. The molecule has 1 unspecified atom stereocenters. The van der Waals surface area contributed by atoms with Gasteiger partial charge >= 0.3 is 5.97 Å². The molecule has 0 saturated carbocycles. The molecule has 144 valence electrons. The topological polar surface area (TPSA) is 86.1 Å². The van der Waals surface area contributed by atoms with Gasteiger partial charge in [0.15, 0.2) is 6.10 Å². The van der Waals surface area contributed by atoms with E-state index < -0.39 is 18.0 Å². The SMILES string of the molecule is CC(OC(=O)c1ccc(Cn2cncn2)cc1)C(=O)Nc1cc(Cl)ccc1Cl. The van der Waals surface area contributed by atoms with Crippen molar-refractivity contribution in [3.05, 3.63) is 76.3 Å². The first-order valence-corrected chi connectivity index (χ1v) is 9.06. The van der Waals surface area contributed by atoms with Crippen molar-refractivity contribution in [2.24, 2.45) is 0 Å². The Bertz CT molecular complexity index is 975. The minimum atomic E-state index is -1.02. The Morgan fingerprint density at radius 3 is 2.61 bits per heavy atom. The van der Waals surface area contributed by atoms with Gasteiger partial charge < -0.3 is 10.1 Å². The van der Waals surface area contributed by atoms with Crippen molar-refractivity contribution in [2.75, 3.05) is 5.32 Å². The minimum Gasteiger partial charge on any atom is -0.449 e. The largest absolute Gasteiger partial charge is 0.449 e. The first kappa shape index (κ1) is 19.9. The molecule has 28 heavy (non-hydrogen) atoms. The van der Waals surface area contributed by atoms with Gasteiger partial charge in [-0.15, -0.1) is 0 Å². The number of anilines is 1. The summed E-state index contributed by atoms with van der Waals surface area (Å²) in [6, 6.07) is 11.5. The van der Waals surface area contributed by atoms with E-state index >= 15 is 0 Å². The fourth-order valence-electron chi connectivity index (χ4n) is 2.36. The molecule has 7 nitrogen and oxygen atoms in total. The van der Waals surface area contributed by atoms with Crippen molar-refractivity contribution in [3.63, 3.8) is 0 Å². The molecule has 0 saturated heterocycles. The number of ether oxygens (including phenoxy) is 1. The number of aromatic nitrogens is 3. The molecule has 0 spiro atoms. The van der Waals surface area contributed by atoms with Crippen LogP contribution in [0, 0.1) is 0 Å². The van der Waals surface area contributed by atoms with Crippen molar-refractivity contribution >= 4 is 40.8 Å². The molecule has 1 atom stereocenters. The van der Waals surface area contributed by atoms with Gasteiger partial charge in [-0.2, -0.15) is 5.10 Å². The van der Waals surface area contributed by atoms with E-state index in [4.69, 9.17) is 27.9 Å². The van der Waals surface area contributed by atoms with Gasteiger partial charge in [0, 0.05) is 5.02 Å². The zero-order valence-electron chi connectivity index (χ0n) is 14.8. The van der Waals surface area contributed by atoms with Gasteiger partial charge in [-0.05, 0) is 42.8 Å². The van der Waals surface area contributed by atoms with Gasteiger partial charge in [-0.3, -0.25) is 4.79 Å². The van der Waals surface area contributed by atoms with Crippen LogP contribution >= 0.6 is 23.2 Å². The van der Waals surface area contributed by atoms with Crippen LogP contribution in [-0.2, 0) is 16.1 Å². The highest BCUT2D eigenvalue weighted by molar-refractivity contribution is 6.35. The number of benzene rings is 2. The second kappa shape index (κ2) is 8.86. The molecule has 0 bridgehead atoms. The third-order valence-electron chi connectivity index (χ3n) is 3.84. The molecule has 1 N–H and O–H groups in total. The van der Waals surface area contributed by atoms with Gasteiger partial charge in [0.25, 0.3) is 5.91 Å².